The van der Waals surface area contributed by atoms with Gasteiger partial charge in [-0.3, -0.25) is 0 Å². The Morgan fingerprint density at radius 1 is 1.24 bits per heavy atom. The first-order valence-corrected chi connectivity index (χ1v) is 8.20. The molecule has 0 aliphatic heterocycles. The summed E-state index contributed by atoms with van der Waals surface area (Å²) in [7, 11) is 0. The molecule has 1 aromatic rings. The largest absolute Gasteiger partial charge is 0.328 e. The quantitative estimate of drug-likeness (QED) is 0.872. The Morgan fingerprint density at radius 3 is 2.67 bits per heavy atom. The van der Waals surface area contributed by atoms with E-state index in [2.05, 4.69) is 51.2 Å². The smallest absolute Gasteiger partial charge is 0.0208 e. The van der Waals surface area contributed by atoms with Crippen LogP contribution in [0.4, 0.5) is 0 Å². The van der Waals surface area contributed by atoms with E-state index in [0.717, 1.165) is 13.0 Å². The Bertz CT molecular complexity index is 512. The molecule has 1 fully saturated rings. The molecule has 0 radical (unpaired) electrons. The van der Waals surface area contributed by atoms with Crippen molar-refractivity contribution in [3.05, 3.63) is 40.5 Å². The summed E-state index contributed by atoms with van der Waals surface area (Å²) >= 11 is 0. The van der Waals surface area contributed by atoms with E-state index < -0.39 is 0 Å². The van der Waals surface area contributed by atoms with Crippen LogP contribution in [0.25, 0.3) is 5.57 Å². The van der Waals surface area contributed by atoms with E-state index in [4.69, 9.17) is 5.73 Å². The van der Waals surface area contributed by atoms with Crippen molar-refractivity contribution >= 4 is 5.57 Å². The fourth-order valence-corrected chi connectivity index (χ4v) is 3.13. The van der Waals surface area contributed by atoms with E-state index in [1.807, 2.05) is 0 Å². The lowest BCUT2D eigenvalue weighted by Crippen LogP contribution is -2.39. The topological polar surface area (TPSA) is 38.0 Å². The average molecular weight is 286 g/mol. The standard InChI is InChI=1S/C19H30N2/c1-13(2)15(4)19-10-16(9-8-14(19)3)12-21-18-7-5-6-17(20)11-18/h8-10,17-18,21H,5-7,11-12,20H2,1-4H3. The molecule has 2 atom stereocenters. The monoisotopic (exact) mass is 286 g/mol. The van der Waals surface area contributed by atoms with Gasteiger partial charge >= 0.3 is 0 Å². The molecule has 0 bridgehead atoms. The normalized spacial score (nSPS) is 22.1. The summed E-state index contributed by atoms with van der Waals surface area (Å²) in [5.74, 6) is 0. The van der Waals surface area contributed by atoms with Gasteiger partial charge in [0.25, 0.3) is 0 Å². The maximum Gasteiger partial charge on any atom is 0.0208 e. The summed E-state index contributed by atoms with van der Waals surface area (Å²) < 4.78 is 0. The van der Waals surface area contributed by atoms with Crippen LogP contribution in [0.2, 0.25) is 0 Å². The third-order valence-corrected chi connectivity index (χ3v) is 4.77. The highest BCUT2D eigenvalue weighted by Crippen LogP contribution is 2.23. The van der Waals surface area contributed by atoms with Crippen LogP contribution in [0.5, 0.6) is 0 Å². The van der Waals surface area contributed by atoms with E-state index in [1.54, 1.807) is 0 Å². The van der Waals surface area contributed by atoms with Crippen LogP contribution in [-0.4, -0.2) is 12.1 Å². The summed E-state index contributed by atoms with van der Waals surface area (Å²) in [6, 6.07) is 7.80. The molecule has 2 unspecified atom stereocenters. The molecular formula is C19H30N2. The molecule has 0 aromatic heterocycles. The van der Waals surface area contributed by atoms with Crippen molar-refractivity contribution in [1.82, 2.24) is 5.32 Å². The second-order valence-electron chi connectivity index (χ2n) is 6.78. The Labute approximate surface area is 129 Å². The predicted octanol–water partition coefficient (Wildman–Crippen LogP) is 4.17. The highest BCUT2D eigenvalue weighted by Gasteiger charge is 2.18. The minimum atomic E-state index is 0.387. The van der Waals surface area contributed by atoms with Crippen LogP contribution in [0, 0.1) is 6.92 Å². The minimum absolute atomic E-state index is 0.387. The second-order valence-corrected chi connectivity index (χ2v) is 6.78. The van der Waals surface area contributed by atoms with Crippen LogP contribution in [0.15, 0.2) is 23.8 Å². The van der Waals surface area contributed by atoms with Crippen molar-refractivity contribution in [2.45, 2.75) is 72.0 Å². The lowest BCUT2D eigenvalue weighted by molar-refractivity contribution is 0.338. The van der Waals surface area contributed by atoms with Crippen LogP contribution in [-0.2, 0) is 6.54 Å². The van der Waals surface area contributed by atoms with Crippen molar-refractivity contribution in [2.75, 3.05) is 0 Å². The van der Waals surface area contributed by atoms with Gasteiger partial charge in [0.1, 0.15) is 0 Å². The number of nitrogens with one attached hydrogen (secondary N) is 1. The maximum atomic E-state index is 6.06. The van der Waals surface area contributed by atoms with E-state index in [9.17, 15) is 0 Å². The number of aryl methyl sites for hydroxylation is 1. The van der Waals surface area contributed by atoms with Gasteiger partial charge in [-0.25, -0.2) is 0 Å². The number of benzene rings is 1. The lowest BCUT2D eigenvalue weighted by Gasteiger charge is -2.27. The molecule has 0 spiro atoms. The molecule has 116 valence electrons. The van der Waals surface area contributed by atoms with Gasteiger partial charge < -0.3 is 11.1 Å². The third-order valence-electron chi connectivity index (χ3n) is 4.77. The van der Waals surface area contributed by atoms with Gasteiger partial charge in [-0.05, 0) is 75.3 Å². The van der Waals surface area contributed by atoms with Crippen molar-refractivity contribution in [3.8, 4) is 0 Å². The van der Waals surface area contributed by atoms with Gasteiger partial charge in [-0.2, -0.15) is 0 Å². The van der Waals surface area contributed by atoms with Gasteiger partial charge in [-0.1, -0.05) is 24.1 Å². The Balaban J connectivity index is 2.04. The fourth-order valence-electron chi connectivity index (χ4n) is 3.13. The Morgan fingerprint density at radius 2 is 2.00 bits per heavy atom. The zero-order valence-electron chi connectivity index (χ0n) is 14.0. The van der Waals surface area contributed by atoms with Crippen LogP contribution in [0.3, 0.4) is 0 Å². The molecule has 2 nitrogen and oxygen atoms in total. The SMILES string of the molecule is CC(C)=C(C)c1cc(CNC2CCCC(N)C2)ccc1C. The number of nitrogens with two attached hydrogens (primary N) is 1. The van der Waals surface area contributed by atoms with E-state index in [1.165, 1.54) is 47.1 Å². The second kappa shape index (κ2) is 7.24. The molecule has 3 N–H and O–H groups in total. The molecule has 0 amide bonds. The highest BCUT2D eigenvalue weighted by atomic mass is 14.9. The zero-order valence-corrected chi connectivity index (χ0v) is 14.0. The number of hydrogen-bond acceptors (Lipinski definition) is 2. The maximum absolute atomic E-state index is 6.06. The lowest BCUT2D eigenvalue weighted by atomic mass is 9.91. The number of rotatable bonds is 4. The van der Waals surface area contributed by atoms with Crippen molar-refractivity contribution in [1.29, 1.82) is 0 Å². The highest BCUT2D eigenvalue weighted by molar-refractivity contribution is 5.69. The average Bonchev–Trinajstić information content (AvgIpc) is 2.45. The Kier molecular flexibility index (Phi) is 5.60. The van der Waals surface area contributed by atoms with E-state index >= 15 is 0 Å². The molecule has 1 aliphatic carbocycles. The molecule has 2 heteroatoms. The summed E-state index contributed by atoms with van der Waals surface area (Å²) in [5, 5.41) is 3.69. The molecular weight excluding hydrogens is 256 g/mol. The summed E-state index contributed by atoms with van der Waals surface area (Å²) in [6.45, 7) is 9.72. The van der Waals surface area contributed by atoms with Crippen LogP contribution >= 0.6 is 0 Å². The number of allylic oxidation sites excluding steroid dienone is 2. The first-order valence-electron chi connectivity index (χ1n) is 8.20. The van der Waals surface area contributed by atoms with Crippen LogP contribution in [0.1, 0.15) is 63.1 Å². The molecule has 0 saturated heterocycles. The summed E-state index contributed by atoms with van der Waals surface area (Å²) in [6.07, 6.45) is 4.83. The first kappa shape index (κ1) is 16.3. The first-order chi connectivity index (χ1) is 9.97. The van der Waals surface area contributed by atoms with E-state index in [0.29, 0.717) is 12.1 Å². The van der Waals surface area contributed by atoms with Gasteiger partial charge in [-0.15, -0.1) is 0 Å². The van der Waals surface area contributed by atoms with Gasteiger partial charge in [0.2, 0.25) is 0 Å². The van der Waals surface area contributed by atoms with Crippen molar-refractivity contribution < 1.29 is 0 Å². The Hall–Kier alpha value is -1.12. The van der Waals surface area contributed by atoms with Gasteiger partial charge in [0.05, 0.1) is 0 Å². The molecule has 0 heterocycles. The summed E-state index contributed by atoms with van der Waals surface area (Å²) in [4.78, 5) is 0. The molecule has 2 rings (SSSR count). The molecule has 21 heavy (non-hydrogen) atoms. The predicted molar refractivity (Wildman–Crippen MR) is 92.2 cm³/mol. The van der Waals surface area contributed by atoms with Gasteiger partial charge in [0.15, 0.2) is 0 Å². The minimum Gasteiger partial charge on any atom is -0.328 e. The van der Waals surface area contributed by atoms with Crippen molar-refractivity contribution in [2.24, 2.45) is 5.73 Å². The summed E-state index contributed by atoms with van der Waals surface area (Å²) in [5.41, 5.74) is 13.0. The van der Waals surface area contributed by atoms with E-state index in [-0.39, 0.29) is 0 Å². The fraction of sp³-hybridized carbons (Fsp3) is 0.579. The van der Waals surface area contributed by atoms with Crippen molar-refractivity contribution in [3.63, 3.8) is 0 Å². The van der Waals surface area contributed by atoms with Crippen LogP contribution < -0.4 is 11.1 Å². The molecule has 1 saturated carbocycles. The third kappa shape index (κ3) is 4.42. The van der Waals surface area contributed by atoms with Gasteiger partial charge in [0, 0.05) is 18.6 Å². The number of hydrogen-bond donors (Lipinski definition) is 2. The zero-order chi connectivity index (χ0) is 15.4. The molecule has 1 aliphatic rings. The molecule has 1 aromatic carbocycles.